The van der Waals surface area contributed by atoms with Gasteiger partial charge in [0.1, 0.15) is 5.76 Å². The zero-order valence-corrected chi connectivity index (χ0v) is 28.4. The van der Waals surface area contributed by atoms with E-state index >= 15 is 0 Å². The van der Waals surface area contributed by atoms with Crippen molar-refractivity contribution >= 4 is 58.4 Å². The Bertz CT molecular complexity index is 2560. The molecule has 0 radical (unpaired) electrons. The minimum absolute atomic E-state index is 0.212. The molecule has 0 saturated heterocycles. The Morgan fingerprint density at radius 3 is 1.46 bits per heavy atom. The Kier molecular flexibility index (Phi) is 8.73. The number of H-pyrrole nitrogens is 2. The van der Waals surface area contributed by atoms with Crippen LogP contribution in [0.3, 0.4) is 0 Å². The van der Waals surface area contributed by atoms with Gasteiger partial charge in [-0.2, -0.15) is 0 Å². The van der Waals surface area contributed by atoms with Crippen LogP contribution in [0.25, 0.3) is 85.8 Å². The van der Waals surface area contributed by atoms with Gasteiger partial charge in [-0.25, -0.2) is 14.8 Å². The Hall–Kier alpha value is -6.99. The number of rotatable bonds is 7. The Labute approximate surface area is 300 Å². The maximum Gasteiger partial charge on any atom is 0.334 e. The lowest BCUT2D eigenvalue weighted by Crippen LogP contribution is -2.00. The lowest BCUT2D eigenvalue weighted by atomic mass is 10.0. The number of hydrogen-bond donors (Lipinski definition) is 3. The van der Waals surface area contributed by atoms with Crippen molar-refractivity contribution in [1.82, 2.24) is 19.9 Å². The van der Waals surface area contributed by atoms with Crippen molar-refractivity contribution in [1.29, 1.82) is 0 Å². The second-order valence-electron chi connectivity index (χ2n) is 12.3. The van der Waals surface area contributed by atoms with Gasteiger partial charge < -0.3 is 19.8 Å². The third-order valence-corrected chi connectivity index (χ3v) is 8.96. The molecule has 8 bridgehead atoms. The number of carbonyl (C=O) groups excluding carboxylic acids is 1. The molecule has 8 rings (SSSR count). The van der Waals surface area contributed by atoms with E-state index in [9.17, 15) is 9.90 Å². The molecule has 0 aliphatic carbocycles. The van der Waals surface area contributed by atoms with Gasteiger partial charge in [0.15, 0.2) is 0 Å². The van der Waals surface area contributed by atoms with E-state index in [-0.39, 0.29) is 12.4 Å². The number of nitrogens with one attached hydrogen (secondary N) is 2. The predicted octanol–water partition coefficient (Wildman–Crippen LogP) is 10.7. The summed E-state index contributed by atoms with van der Waals surface area (Å²) >= 11 is 0. The highest BCUT2D eigenvalue weighted by atomic mass is 16.5. The molecule has 3 N–H and O–H groups in total. The van der Waals surface area contributed by atoms with Crippen molar-refractivity contribution in [2.45, 2.75) is 6.92 Å². The largest absolute Gasteiger partial charge is 0.508 e. The molecule has 3 aromatic carbocycles. The number of fused-ring (bicyclic) bond motifs is 8. The van der Waals surface area contributed by atoms with E-state index in [1.807, 2.05) is 78.9 Å². The molecular weight excluding hydrogens is 645 g/mol. The van der Waals surface area contributed by atoms with Crippen LogP contribution in [0.2, 0.25) is 0 Å². The predicted molar refractivity (Wildman–Crippen MR) is 212 cm³/mol. The van der Waals surface area contributed by atoms with Gasteiger partial charge in [0.05, 0.1) is 35.5 Å². The van der Waals surface area contributed by atoms with E-state index in [0.717, 1.165) is 84.2 Å². The molecular formula is C45H34N4O3. The SMILES string of the molecule is CCOC(=O)/C=C(O)\C=C\c1c2nc(c(-c3ccccc3)c3ccc([nH]3)c(-c3ccccc3)c3nc(c(-c4ccccc4)c4ccc1[nH]4)C=C3)C=C2. The van der Waals surface area contributed by atoms with Crippen LogP contribution in [-0.4, -0.2) is 37.6 Å². The molecule has 2 aliphatic heterocycles. The monoisotopic (exact) mass is 678 g/mol. The Balaban J connectivity index is 1.50. The van der Waals surface area contributed by atoms with E-state index in [0.29, 0.717) is 5.69 Å². The first kappa shape index (κ1) is 32.2. The maximum absolute atomic E-state index is 12.1. The number of benzene rings is 3. The van der Waals surface area contributed by atoms with Crippen LogP contribution in [0, 0.1) is 0 Å². The molecule has 2 aliphatic rings. The number of aromatic nitrogens is 4. The third kappa shape index (κ3) is 6.39. The standard InChI is InChI=1S/C45H34N4O3/c1-2-52-42(51)28-32(50)18-19-33-34-20-22-36(46-34)43(29-12-6-3-7-13-29)38-24-26-40(48-38)45(31-16-10-5-11-17-31)41-27-25-39(49-41)44(30-14-8-4-9-15-30)37-23-21-35(33)47-37/h3-28,46,49-50H,2H2,1H3/b19-18+,32-28+,34-33?,35-33?,43-36?,43-38?,44-37?,44-39?,45-40?,45-41?. The average Bonchev–Trinajstić information content (AvgIpc) is 4.01. The lowest BCUT2D eigenvalue weighted by molar-refractivity contribution is -0.137. The van der Waals surface area contributed by atoms with E-state index in [1.54, 1.807) is 13.0 Å². The number of aromatic amines is 2. The number of aliphatic hydroxyl groups excluding tert-OH is 1. The molecule has 0 unspecified atom stereocenters. The van der Waals surface area contributed by atoms with Gasteiger partial charge in [-0.1, -0.05) is 91.0 Å². The smallest absolute Gasteiger partial charge is 0.334 e. The highest BCUT2D eigenvalue weighted by Crippen LogP contribution is 2.36. The number of nitrogens with zero attached hydrogens (tertiary/aromatic N) is 2. The molecule has 0 spiro atoms. The number of allylic oxidation sites excluding steroid dienone is 1. The summed E-state index contributed by atoms with van der Waals surface area (Å²) in [5.41, 5.74) is 13.2. The lowest BCUT2D eigenvalue weighted by Gasteiger charge is -2.06. The molecule has 252 valence electrons. The normalized spacial score (nSPS) is 12.4. The van der Waals surface area contributed by atoms with Gasteiger partial charge in [-0.3, -0.25) is 0 Å². The van der Waals surface area contributed by atoms with Crippen LogP contribution in [0.5, 0.6) is 0 Å². The first-order valence-corrected chi connectivity index (χ1v) is 17.1. The summed E-state index contributed by atoms with van der Waals surface area (Å²) in [6.45, 7) is 1.93. The number of carbonyl (C=O) groups is 1. The zero-order chi connectivity index (χ0) is 35.4. The number of esters is 1. The Morgan fingerprint density at radius 2 is 1.00 bits per heavy atom. The minimum atomic E-state index is -0.618. The van der Waals surface area contributed by atoms with Crippen LogP contribution in [0.1, 0.15) is 35.3 Å². The number of ether oxygens (including phenoxy) is 1. The second-order valence-corrected chi connectivity index (χ2v) is 12.3. The van der Waals surface area contributed by atoms with Gasteiger partial charge >= 0.3 is 5.97 Å². The van der Waals surface area contributed by atoms with Crippen molar-refractivity contribution in [3.63, 3.8) is 0 Å². The van der Waals surface area contributed by atoms with E-state index in [4.69, 9.17) is 14.7 Å². The summed E-state index contributed by atoms with van der Waals surface area (Å²) < 4.78 is 5.00. The molecule has 3 aromatic heterocycles. The van der Waals surface area contributed by atoms with Crippen molar-refractivity contribution in [3.8, 4) is 33.4 Å². The van der Waals surface area contributed by atoms with Gasteiger partial charge in [0.2, 0.25) is 0 Å². The van der Waals surface area contributed by atoms with Crippen LogP contribution >= 0.6 is 0 Å². The molecule has 0 fully saturated rings. The average molecular weight is 679 g/mol. The van der Waals surface area contributed by atoms with Gasteiger partial charge in [-0.15, -0.1) is 0 Å². The summed E-state index contributed by atoms with van der Waals surface area (Å²) in [6.07, 6.45) is 12.4. The summed E-state index contributed by atoms with van der Waals surface area (Å²) in [7, 11) is 0. The third-order valence-electron chi connectivity index (χ3n) is 8.96. The topological polar surface area (TPSA) is 104 Å². The maximum atomic E-state index is 12.1. The molecule has 52 heavy (non-hydrogen) atoms. The highest BCUT2D eigenvalue weighted by Gasteiger charge is 2.17. The molecule has 6 aromatic rings. The second kappa shape index (κ2) is 14.1. The van der Waals surface area contributed by atoms with Crippen molar-refractivity contribution in [2.24, 2.45) is 0 Å². The molecule has 0 atom stereocenters. The summed E-state index contributed by atoms with van der Waals surface area (Å²) in [5.74, 6) is -0.852. The van der Waals surface area contributed by atoms with Crippen molar-refractivity contribution in [3.05, 3.63) is 162 Å². The Morgan fingerprint density at radius 1 is 0.596 bits per heavy atom. The van der Waals surface area contributed by atoms with Crippen LogP contribution in [-0.2, 0) is 9.53 Å². The van der Waals surface area contributed by atoms with Crippen LogP contribution in [0.15, 0.2) is 133 Å². The highest BCUT2D eigenvalue weighted by molar-refractivity contribution is 5.98. The van der Waals surface area contributed by atoms with Crippen LogP contribution < -0.4 is 0 Å². The fourth-order valence-corrected chi connectivity index (χ4v) is 6.65. The molecule has 7 nitrogen and oxygen atoms in total. The van der Waals surface area contributed by atoms with E-state index in [2.05, 4.69) is 70.7 Å². The van der Waals surface area contributed by atoms with Gasteiger partial charge in [0.25, 0.3) is 0 Å². The first-order chi connectivity index (χ1) is 25.6. The fraction of sp³-hybridized carbons (Fsp3) is 0.0444. The zero-order valence-electron chi connectivity index (χ0n) is 28.4. The molecule has 7 heteroatoms. The van der Waals surface area contributed by atoms with Gasteiger partial charge in [0, 0.05) is 44.3 Å². The first-order valence-electron chi connectivity index (χ1n) is 17.1. The number of hydrogen-bond acceptors (Lipinski definition) is 5. The molecule has 5 heterocycles. The summed E-state index contributed by atoms with van der Waals surface area (Å²) in [4.78, 5) is 30.0. The van der Waals surface area contributed by atoms with Gasteiger partial charge in [-0.05, 0) is 84.3 Å². The van der Waals surface area contributed by atoms with Crippen molar-refractivity contribution < 1.29 is 14.6 Å². The summed E-state index contributed by atoms with van der Waals surface area (Å²) in [6, 6.07) is 39.0. The summed E-state index contributed by atoms with van der Waals surface area (Å²) in [5, 5.41) is 10.7. The van der Waals surface area contributed by atoms with E-state index in [1.165, 1.54) is 6.08 Å². The minimum Gasteiger partial charge on any atom is -0.508 e. The molecule has 0 saturated carbocycles. The fourth-order valence-electron chi connectivity index (χ4n) is 6.65. The van der Waals surface area contributed by atoms with Crippen molar-refractivity contribution in [2.75, 3.05) is 6.61 Å². The quantitative estimate of drug-likeness (QED) is 0.0674. The van der Waals surface area contributed by atoms with E-state index < -0.39 is 5.97 Å². The molecule has 0 amide bonds. The number of aliphatic hydroxyl groups is 1. The van der Waals surface area contributed by atoms with Crippen LogP contribution in [0.4, 0.5) is 0 Å².